The molecule has 5 nitrogen and oxygen atoms in total. The van der Waals surface area contributed by atoms with Crippen LogP contribution in [0.5, 0.6) is 23.0 Å². The second-order valence-electron chi connectivity index (χ2n) is 40.7. The Hall–Kier alpha value is -1.14. The molecule has 7 rings (SSSR count). The summed E-state index contributed by atoms with van der Waals surface area (Å²) in [4.78, 5) is 21.0. The third-order valence-electron chi connectivity index (χ3n) is 26.9. The van der Waals surface area contributed by atoms with Crippen molar-refractivity contribution < 1.29 is 22.4 Å². The van der Waals surface area contributed by atoms with Crippen LogP contribution < -0.4 is 23.5 Å². The van der Waals surface area contributed by atoms with Gasteiger partial charge in [-0.15, -0.1) is 22.7 Å². The minimum atomic E-state index is -2.34. The maximum atomic E-state index is 8.16. The van der Waals surface area contributed by atoms with E-state index in [4.69, 9.17) is 22.4 Å². The van der Waals surface area contributed by atoms with Crippen molar-refractivity contribution in [2.45, 2.75) is 506 Å². The van der Waals surface area contributed by atoms with Crippen molar-refractivity contribution in [1.29, 1.82) is 0 Å². The molecule has 0 bridgehead atoms. The largest absolute Gasteiger partial charge is 0.543 e. The van der Waals surface area contributed by atoms with Crippen LogP contribution in [0.2, 0.25) is 102 Å². The maximum Gasteiger partial charge on any atom is 0.251 e. The molecule has 1 aliphatic rings. The molecule has 0 atom stereocenters. The van der Waals surface area contributed by atoms with E-state index in [9.17, 15) is 0 Å². The van der Waals surface area contributed by atoms with Crippen molar-refractivity contribution >= 4 is 121 Å². The molecule has 1 fully saturated rings. The van der Waals surface area contributed by atoms with E-state index in [2.05, 4.69) is 219 Å². The van der Waals surface area contributed by atoms with Gasteiger partial charge < -0.3 is 21.0 Å². The van der Waals surface area contributed by atoms with Gasteiger partial charge in [0.2, 0.25) is 0 Å². The monoisotopic (exact) mass is 2090 g/mol. The fourth-order valence-corrected chi connectivity index (χ4v) is 50.5. The Morgan fingerprint density at radius 3 is 0.587 bits per heavy atom. The Morgan fingerprint density at radius 2 is 0.444 bits per heavy atom. The Labute approximate surface area is 810 Å². The summed E-state index contributed by atoms with van der Waals surface area (Å²) in [7, 11) is -8.55. The SMILES string of the molecule is C1CCOC1.CCCCCC[Si](CCCCCC)(CCCCCC)Oc1cc(-c2cc[c]([Sn]([CH3])([CH3])[CH3])s2)c(O[Si](CCCCCC)(CCCCCC)CCCCCC)cc1-c1cc[c]([Sn]([CH3])([CH3])[CH3])s1.CCCCCC[Si](CCCCCC)(CCCCCC)Oc1cc(-c2cccs2)c(O[Si](CCCCCC)(CCCCCC)CCCCCC)cc1-c1cccs1.[CH3-]. The van der Waals surface area contributed by atoms with E-state index in [0.717, 1.165) is 24.7 Å². The van der Waals surface area contributed by atoms with Crippen LogP contribution in [0.4, 0.5) is 0 Å². The molecule has 5 heterocycles. The summed E-state index contributed by atoms with van der Waals surface area (Å²) in [5.74, 6) is 4.70. The minimum absolute atomic E-state index is 0. The Balaban J connectivity index is 0.000000499. The molecular weight excluding hydrogens is 1890 g/mol. The van der Waals surface area contributed by atoms with Gasteiger partial charge in [-0.2, -0.15) is 0 Å². The van der Waals surface area contributed by atoms with Gasteiger partial charge in [0, 0.05) is 34.1 Å². The van der Waals surface area contributed by atoms with Crippen LogP contribution in [-0.2, 0) is 4.74 Å². The molecule has 1 saturated heterocycles. The predicted octanol–water partition coefficient (Wildman–Crippen LogP) is 40.9. The molecule has 722 valence electrons. The molecule has 0 spiro atoms. The van der Waals surface area contributed by atoms with Gasteiger partial charge in [0.05, 0.1) is 0 Å². The molecule has 0 radical (unpaired) electrons. The molecule has 1 aliphatic heterocycles. The van der Waals surface area contributed by atoms with E-state index in [1.54, 1.807) is 5.79 Å². The van der Waals surface area contributed by atoms with E-state index in [0.29, 0.717) is 0 Å². The minimum Gasteiger partial charge on any atom is -0.543 e. The van der Waals surface area contributed by atoms with Gasteiger partial charge >= 0.3 is 379 Å². The van der Waals surface area contributed by atoms with Crippen molar-refractivity contribution in [3.8, 4) is 64.8 Å². The molecule has 0 N–H and O–H groups in total. The van der Waals surface area contributed by atoms with Crippen LogP contribution in [0, 0.1) is 7.43 Å². The fourth-order valence-electron chi connectivity index (χ4n) is 18.9. The van der Waals surface area contributed by atoms with Gasteiger partial charge in [-0.25, -0.2) is 0 Å². The number of thiophene rings is 4. The third-order valence-corrected chi connectivity index (χ3v) is 67.7. The predicted molar refractivity (Wildman–Crippen MR) is 591 cm³/mol. The van der Waals surface area contributed by atoms with Crippen LogP contribution in [0.3, 0.4) is 0 Å². The summed E-state index contributed by atoms with van der Waals surface area (Å²) in [6, 6.07) is 44.9. The number of rotatable bonds is 74. The molecular formula is C111H199O5S4Si4Sn2-. The molecule has 6 aromatic rings. The average Bonchev–Trinajstić information content (AvgIpc) is 1.51. The number of ether oxygens (including phenoxy) is 1. The fraction of sp³-hybridized carbons (Fsp3) is 0.739. The Bertz CT molecular complexity index is 3210. The van der Waals surface area contributed by atoms with E-state index in [1.807, 2.05) is 22.7 Å². The Morgan fingerprint density at radius 1 is 0.254 bits per heavy atom. The first-order valence-corrected chi connectivity index (χ1v) is 87.2. The number of hydrogen-bond donors (Lipinski definition) is 0. The van der Waals surface area contributed by atoms with Crippen molar-refractivity contribution in [2.75, 3.05) is 13.2 Å². The summed E-state index contributed by atoms with van der Waals surface area (Å²) < 4.78 is 40.4. The van der Waals surface area contributed by atoms with E-state index in [1.165, 1.54) is 447 Å². The first kappa shape index (κ1) is 117. The summed E-state index contributed by atoms with van der Waals surface area (Å²) in [5.41, 5.74) is 5.26. The molecule has 4 aromatic heterocycles. The average molecular weight is 2090 g/mol. The van der Waals surface area contributed by atoms with Crippen LogP contribution in [-0.4, -0.2) is 83.2 Å². The van der Waals surface area contributed by atoms with Crippen LogP contribution in [0.1, 0.15) is 404 Å². The van der Waals surface area contributed by atoms with E-state index in [-0.39, 0.29) is 7.43 Å². The molecule has 0 amide bonds. The smallest absolute Gasteiger partial charge is 0.251 e. The van der Waals surface area contributed by atoms with Crippen molar-refractivity contribution in [2.24, 2.45) is 0 Å². The second kappa shape index (κ2) is 69.6. The number of benzene rings is 2. The van der Waals surface area contributed by atoms with Gasteiger partial charge in [-0.3, -0.25) is 0 Å². The number of unbranched alkanes of at least 4 members (excludes halogenated alkanes) is 36. The normalized spacial score (nSPS) is 12.8. The van der Waals surface area contributed by atoms with E-state index >= 15 is 0 Å². The molecule has 126 heavy (non-hydrogen) atoms. The van der Waals surface area contributed by atoms with Gasteiger partial charge in [0.15, 0.2) is 0 Å². The quantitative estimate of drug-likeness (QED) is 0.0216. The zero-order chi connectivity index (χ0) is 90.6. The first-order valence-electron chi connectivity index (χ1n) is 53.7. The van der Waals surface area contributed by atoms with Gasteiger partial charge in [0.1, 0.15) is 11.5 Å². The topological polar surface area (TPSA) is 46.2 Å². The molecule has 0 aliphatic carbocycles. The first-order chi connectivity index (χ1) is 60.7. The third kappa shape index (κ3) is 45.7. The second-order valence-corrected chi connectivity index (χ2v) is 91.8. The van der Waals surface area contributed by atoms with Gasteiger partial charge in [-0.1, -0.05) is 249 Å². The molecule has 0 unspecified atom stereocenters. The summed E-state index contributed by atoms with van der Waals surface area (Å²) >= 11 is 3.26. The van der Waals surface area contributed by atoms with Crippen LogP contribution in [0.15, 0.2) is 83.6 Å². The Kier molecular flexibility index (Phi) is 64.8. The van der Waals surface area contributed by atoms with Crippen molar-refractivity contribution in [1.82, 2.24) is 0 Å². The molecule has 0 saturated carbocycles. The molecule has 2 aromatic carbocycles. The number of hydrogen-bond acceptors (Lipinski definition) is 9. The summed E-state index contributed by atoms with van der Waals surface area (Å²) in [5, 5.41) is 4.51. The van der Waals surface area contributed by atoms with Gasteiger partial charge in [-0.05, 0) is 84.1 Å². The van der Waals surface area contributed by atoms with Crippen LogP contribution >= 0.6 is 45.3 Å². The zero-order valence-corrected chi connectivity index (χ0v) is 99.0. The summed E-state index contributed by atoms with van der Waals surface area (Å²) in [6.45, 7) is 30.3. The molecule has 15 heteroatoms. The van der Waals surface area contributed by atoms with Crippen LogP contribution in [0.25, 0.3) is 41.8 Å². The van der Waals surface area contributed by atoms with Crippen molar-refractivity contribution in [3.63, 3.8) is 0 Å². The van der Waals surface area contributed by atoms with Crippen molar-refractivity contribution in [3.05, 3.63) is 91.0 Å². The standard InChI is InChI=1S/C50H86O2S2Si2.C50H84O2S2Si2.C4H8O.7CH3.2Sn/c2*1-7-13-19-25-37-55(38-26-20-14-8-2,39-27-21-15-9-3)51-47-43-46(50-34-32-36-54-50)48(44-45(47)49-33-31-35-53-49)52-56(40-28-22-16-10-4,41-29-23-17-11-5)42-30-24-18-12-6;1-2-4-5-3-1;;;;;;;;;/h31-36,43-44H,7-30,37-42H2,1-6H3;31-34,43-44H,7-30,37-42H2,1-6H3;1-4H2;7*1H3;;/q;;;;;;;;;-1;;. The van der Waals surface area contributed by atoms with Gasteiger partial charge in [0.25, 0.3) is 16.6 Å². The summed E-state index contributed by atoms with van der Waals surface area (Å²) in [6.07, 6.45) is 66.0. The maximum absolute atomic E-state index is 8.16. The zero-order valence-electron chi connectivity index (χ0n) is 86.0. The van der Waals surface area contributed by atoms with E-state index < -0.39 is 70.0 Å².